The zero-order valence-electron chi connectivity index (χ0n) is 13.4. The van der Waals surface area contributed by atoms with Gasteiger partial charge in [0.05, 0.1) is 0 Å². The first kappa shape index (κ1) is 17.7. The predicted molar refractivity (Wildman–Crippen MR) is 85.0 cm³/mol. The summed E-state index contributed by atoms with van der Waals surface area (Å²) >= 11 is 0. The van der Waals surface area contributed by atoms with Crippen molar-refractivity contribution in [2.75, 3.05) is 0 Å². The predicted octanol–water partition coefficient (Wildman–Crippen LogP) is 6.76. The second kappa shape index (κ2) is 13.2. The fraction of sp³-hybridized carbons (Fsp3) is 0.889. The van der Waals surface area contributed by atoms with Gasteiger partial charge in [-0.05, 0) is 24.7 Å². The van der Waals surface area contributed by atoms with E-state index >= 15 is 0 Å². The SMILES string of the molecule is CCCCC(CC)C/C=C/CC(CC)CCCC. The van der Waals surface area contributed by atoms with Gasteiger partial charge in [0.25, 0.3) is 0 Å². The highest BCUT2D eigenvalue weighted by atomic mass is 14.1. The molecule has 2 atom stereocenters. The van der Waals surface area contributed by atoms with Crippen molar-refractivity contribution in [3.8, 4) is 0 Å². The molecule has 0 spiro atoms. The van der Waals surface area contributed by atoms with Crippen molar-refractivity contribution >= 4 is 0 Å². The molecule has 0 aliphatic carbocycles. The normalized spacial score (nSPS) is 15.1. The van der Waals surface area contributed by atoms with E-state index in [2.05, 4.69) is 39.8 Å². The summed E-state index contributed by atoms with van der Waals surface area (Å²) < 4.78 is 0. The molecule has 0 bridgehead atoms. The first-order chi connectivity index (χ1) is 8.78. The van der Waals surface area contributed by atoms with E-state index in [4.69, 9.17) is 0 Å². The van der Waals surface area contributed by atoms with Gasteiger partial charge in [-0.3, -0.25) is 0 Å². The van der Waals surface area contributed by atoms with Gasteiger partial charge in [0, 0.05) is 0 Å². The number of allylic oxidation sites excluding steroid dienone is 2. The molecule has 18 heavy (non-hydrogen) atoms. The molecule has 0 rings (SSSR count). The average molecular weight is 252 g/mol. The van der Waals surface area contributed by atoms with Crippen LogP contribution in [-0.2, 0) is 0 Å². The van der Waals surface area contributed by atoms with Gasteiger partial charge in [-0.1, -0.05) is 91.2 Å². The lowest BCUT2D eigenvalue weighted by molar-refractivity contribution is 0.447. The van der Waals surface area contributed by atoms with Crippen molar-refractivity contribution < 1.29 is 0 Å². The molecule has 0 aromatic carbocycles. The van der Waals surface area contributed by atoms with Crippen LogP contribution in [0.25, 0.3) is 0 Å². The second-order valence-electron chi connectivity index (χ2n) is 5.78. The molecule has 108 valence electrons. The molecule has 0 aromatic rings. The standard InChI is InChI=1S/C18H36/c1-5-9-13-17(7-3)15-11-12-16-18(8-4)14-10-6-2/h11-12,17-18H,5-10,13-16H2,1-4H3/b12-11+. The van der Waals surface area contributed by atoms with Crippen LogP contribution < -0.4 is 0 Å². The number of unbranched alkanes of at least 4 members (excludes halogenated alkanes) is 2. The van der Waals surface area contributed by atoms with Crippen molar-refractivity contribution in [2.24, 2.45) is 11.8 Å². The molecule has 0 aliphatic heterocycles. The smallest absolute Gasteiger partial charge is 0.0322 e. The fourth-order valence-electron chi connectivity index (χ4n) is 2.54. The van der Waals surface area contributed by atoms with Crippen molar-refractivity contribution in [1.82, 2.24) is 0 Å². The minimum atomic E-state index is 0.928. The van der Waals surface area contributed by atoms with Crippen molar-refractivity contribution in [2.45, 2.75) is 91.9 Å². The second-order valence-corrected chi connectivity index (χ2v) is 5.78. The summed E-state index contributed by atoms with van der Waals surface area (Å²) in [6, 6.07) is 0. The van der Waals surface area contributed by atoms with Gasteiger partial charge in [0.1, 0.15) is 0 Å². The maximum Gasteiger partial charge on any atom is -0.0322 e. The lowest BCUT2D eigenvalue weighted by Crippen LogP contribution is -1.98. The number of hydrogen-bond donors (Lipinski definition) is 0. The zero-order chi connectivity index (χ0) is 13.6. The third-order valence-electron chi connectivity index (χ3n) is 4.19. The summed E-state index contributed by atoms with van der Waals surface area (Å²) in [5.74, 6) is 1.86. The highest BCUT2D eigenvalue weighted by Crippen LogP contribution is 2.20. The molecule has 0 N–H and O–H groups in total. The lowest BCUT2D eigenvalue weighted by Gasteiger charge is -2.13. The van der Waals surface area contributed by atoms with Crippen molar-refractivity contribution in [3.63, 3.8) is 0 Å². The number of hydrogen-bond acceptors (Lipinski definition) is 0. The van der Waals surface area contributed by atoms with E-state index in [1.54, 1.807) is 0 Å². The van der Waals surface area contributed by atoms with E-state index < -0.39 is 0 Å². The summed E-state index contributed by atoms with van der Waals surface area (Å²) in [6.07, 6.45) is 18.5. The molecule has 0 amide bonds. The summed E-state index contributed by atoms with van der Waals surface area (Å²) in [6.45, 7) is 9.26. The van der Waals surface area contributed by atoms with Crippen LogP contribution in [0.3, 0.4) is 0 Å². The Hall–Kier alpha value is -0.260. The van der Waals surface area contributed by atoms with E-state index in [9.17, 15) is 0 Å². The average Bonchev–Trinajstić information content (AvgIpc) is 2.41. The van der Waals surface area contributed by atoms with Crippen LogP contribution in [0, 0.1) is 11.8 Å². The molecule has 0 aliphatic rings. The monoisotopic (exact) mass is 252 g/mol. The minimum Gasteiger partial charge on any atom is -0.0883 e. The molecule has 0 nitrogen and oxygen atoms in total. The quantitative estimate of drug-likeness (QED) is 0.337. The van der Waals surface area contributed by atoms with Gasteiger partial charge in [-0.2, -0.15) is 0 Å². The molecular formula is C18H36. The zero-order valence-corrected chi connectivity index (χ0v) is 13.4. The highest BCUT2D eigenvalue weighted by molar-refractivity contribution is 4.85. The Morgan fingerprint density at radius 2 is 1.06 bits per heavy atom. The summed E-state index contributed by atoms with van der Waals surface area (Å²) in [5, 5.41) is 0. The topological polar surface area (TPSA) is 0 Å². The molecule has 2 unspecified atom stereocenters. The van der Waals surface area contributed by atoms with Gasteiger partial charge in [-0.15, -0.1) is 0 Å². The number of rotatable bonds is 12. The maximum absolute atomic E-state index is 2.46. The molecule has 0 radical (unpaired) electrons. The molecule has 0 heterocycles. The fourth-order valence-corrected chi connectivity index (χ4v) is 2.54. The third kappa shape index (κ3) is 9.74. The van der Waals surface area contributed by atoms with Gasteiger partial charge in [-0.25, -0.2) is 0 Å². The lowest BCUT2D eigenvalue weighted by atomic mass is 9.93. The Morgan fingerprint density at radius 3 is 1.33 bits per heavy atom. The van der Waals surface area contributed by atoms with Crippen LogP contribution in [0.2, 0.25) is 0 Å². The van der Waals surface area contributed by atoms with E-state index in [-0.39, 0.29) is 0 Å². The van der Waals surface area contributed by atoms with Crippen LogP contribution in [-0.4, -0.2) is 0 Å². The van der Waals surface area contributed by atoms with Crippen molar-refractivity contribution in [1.29, 1.82) is 0 Å². The van der Waals surface area contributed by atoms with Crippen LogP contribution in [0.1, 0.15) is 91.9 Å². The van der Waals surface area contributed by atoms with Crippen LogP contribution in [0.15, 0.2) is 12.2 Å². The minimum absolute atomic E-state index is 0.928. The Balaban J connectivity index is 3.77. The molecular weight excluding hydrogens is 216 g/mol. The third-order valence-corrected chi connectivity index (χ3v) is 4.19. The maximum atomic E-state index is 2.46. The van der Waals surface area contributed by atoms with Gasteiger partial charge >= 0.3 is 0 Å². The van der Waals surface area contributed by atoms with E-state index in [1.165, 1.54) is 64.2 Å². The van der Waals surface area contributed by atoms with Gasteiger partial charge < -0.3 is 0 Å². The first-order valence-corrected chi connectivity index (χ1v) is 8.43. The van der Waals surface area contributed by atoms with Crippen LogP contribution >= 0.6 is 0 Å². The van der Waals surface area contributed by atoms with Gasteiger partial charge in [0.2, 0.25) is 0 Å². The molecule has 0 aromatic heterocycles. The summed E-state index contributed by atoms with van der Waals surface area (Å²) in [4.78, 5) is 0. The van der Waals surface area contributed by atoms with Crippen LogP contribution in [0.4, 0.5) is 0 Å². The Morgan fingerprint density at radius 1 is 0.667 bits per heavy atom. The molecule has 0 saturated heterocycles. The summed E-state index contributed by atoms with van der Waals surface area (Å²) in [5.41, 5.74) is 0. The van der Waals surface area contributed by atoms with E-state index in [0.29, 0.717) is 0 Å². The van der Waals surface area contributed by atoms with E-state index in [1.807, 2.05) is 0 Å². The Bertz CT molecular complexity index is 160. The largest absolute Gasteiger partial charge is 0.0883 e. The van der Waals surface area contributed by atoms with Crippen LogP contribution in [0.5, 0.6) is 0 Å². The molecule has 0 heteroatoms. The molecule has 0 saturated carbocycles. The van der Waals surface area contributed by atoms with E-state index in [0.717, 1.165) is 11.8 Å². The summed E-state index contributed by atoms with van der Waals surface area (Å²) in [7, 11) is 0. The molecule has 0 fully saturated rings. The first-order valence-electron chi connectivity index (χ1n) is 8.43. The Labute approximate surface area is 116 Å². The van der Waals surface area contributed by atoms with Gasteiger partial charge in [0.15, 0.2) is 0 Å². The highest BCUT2D eigenvalue weighted by Gasteiger charge is 2.04. The Kier molecular flexibility index (Phi) is 13.0. The van der Waals surface area contributed by atoms with Crippen molar-refractivity contribution in [3.05, 3.63) is 12.2 Å².